The molecule has 0 bridgehead atoms. The second-order valence-electron chi connectivity index (χ2n) is 0.763. The topological polar surface area (TPSA) is 153 Å². The van der Waals surface area contributed by atoms with Crippen molar-refractivity contribution in [3.63, 3.8) is 0 Å². The van der Waals surface area contributed by atoms with Gasteiger partial charge in [0, 0.05) is 6.61 Å². The first-order valence-corrected chi connectivity index (χ1v) is 2.12. The molecule has 0 aliphatic heterocycles. The van der Waals surface area contributed by atoms with Gasteiger partial charge in [0.25, 0.3) is 0 Å². The average Bonchev–Trinajstić information content (AvgIpc) is 1.60. The van der Waals surface area contributed by atoms with Crippen molar-refractivity contribution in [3.05, 3.63) is 30.6 Å². The third-order valence-electron chi connectivity index (χ3n) is 0. The Kier molecular flexibility index (Phi) is 42.4. The quantitative estimate of drug-likeness (QED) is 0.288. The summed E-state index contributed by atoms with van der Waals surface area (Å²) < 4.78 is 0. The monoisotopic (exact) mass is 179 g/mol. The Bertz CT molecular complexity index is 87.6. The van der Waals surface area contributed by atoms with E-state index in [0.29, 0.717) is 0 Å². The molecule has 0 fully saturated rings. The van der Waals surface area contributed by atoms with Gasteiger partial charge in [0.05, 0.1) is 10.2 Å². The summed E-state index contributed by atoms with van der Waals surface area (Å²) in [4.78, 5) is 16.5. The van der Waals surface area contributed by atoms with E-state index in [4.69, 9.17) is 35.7 Å². The summed E-state index contributed by atoms with van der Waals surface area (Å²) >= 11 is 0. The predicted octanol–water partition coefficient (Wildman–Crippen LogP) is -0.860. The molecule has 68 valence electrons. The van der Waals surface area contributed by atoms with Gasteiger partial charge in [-0.05, 0) is 6.92 Å². The van der Waals surface area contributed by atoms with E-state index >= 15 is 0 Å². The molecule has 9 nitrogen and oxygen atoms in total. The molecule has 10 heteroatoms. The number of rotatable bonds is 0. The van der Waals surface area contributed by atoms with Crippen LogP contribution in [0.25, 0.3) is 0 Å². The molecule has 0 aliphatic rings. The third-order valence-corrected chi connectivity index (χ3v) is 0. The van der Waals surface area contributed by atoms with Crippen LogP contribution in [0.3, 0.4) is 0 Å². The fourth-order valence-corrected chi connectivity index (χ4v) is 0. The summed E-state index contributed by atoms with van der Waals surface area (Å²) in [5.74, 6) is 0. The van der Waals surface area contributed by atoms with Gasteiger partial charge in [0.1, 0.15) is 0 Å². The van der Waals surface area contributed by atoms with Gasteiger partial charge >= 0.3 is 10.1 Å². The first-order chi connectivity index (χ1) is 4.88. The average molecular weight is 179 g/mol. The molecule has 0 heterocycles. The zero-order valence-electron chi connectivity index (χ0n) is 6.21. The molecule has 1 N–H and O–H groups in total. The molecular formula is C2H6BeN2O7. The molecule has 0 amide bonds. The van der Waals surface area contributed by atoms with Crippen LogP contribution >= 0.6 is 0 Å². The maximum absolute atomic E-state index is 8.25. The van der Waals surface area contributed by atoms with Gasteiger partial charge < -0.3 is 35.7 Å². The normalized spacial score (nSPS) is 5.50. The van der Waals surface area contributed by atoms with Crippen LogP contribution in [0.4, 0.5) is 0 Å². The Morgan fingerprint density at radius 3 is 1.08 bits per heavy atom. The Hall–Kier alpha value is -1.47. The predicted molar refractivity (Wildman–Crippen MR) is 39.2 cm³/mol. The Balaban J connectivity index is -0.0000000389. The minimum absolute atomic E-state index is 0. The standard InChI is InChI=1S/C2H6O.Be.2NO3/c1-2-3;;2*2-1(3)4/h3H,2H2,1H3;;;/q;+2;2*-1. The molecule has 0 aromatic rings. The van der Waals surface area contributed by atoms with Crippen molar-refractivity contribution in [2.75, 3.05) is 6.61 Å². The molecule has 12 heavy (non-hydrogen) atoms. The van der Waals surface area contributed by atoms with E-state index in [0.717, 1.165) is 0 Å². The Morgan fingerprint density at radius 1 is 1.08 bits per heavy atom. The third kappa shape index (κ3) is 223. The van der Waals surface area contributed by atoms with Crippen LogP contribution in [0.5, 0.6) is 0 Å². The van der Waals surface area contributed by atoms with E-state index in [9.17, 15) is 0 Å². The summed E-state index contributed by atoms with van der Waals surface area (Å²) in [6.07, 6.45) is 0. The molecule has 0 spiro atoms. The van der Waals surface area contributed by atoms with Crippen LogP contribution in [0, 0.1) is 30.6 Å². The van der Waals surface area contributed by atoms with Crippen molar-refractivity contribution in [1.29, 1.82) is 0 Å². The van der Waals surface area contributed by atoms with Crippen LogP contribution in [-0.2, 0) is 0 Å². The van der Waals surface area contributed by atoms with E-state index in [1.54, 1.807) is 6.92 Å². The minimum Gasteiger partial charge on any atom is -0.397 e. The van der Waals surface area contributed by atoms with Gasteiger partial charge in [-0.3, -0.25) is 0 Å². The van der Waals surface area contributed by atoms with Crippen LogP contribution in [-0.4, -0.2) is 32.0 Å². The molecule has 0 saturated heterocycles. The molecular weight excluding hydrogens is 173 g/mol. The van der Waals surface area contributed by atoms with E-state index in [1.165, 1.54) is 0 Å². The van der Waals surface area contributed by atoms with Gasteiger partial charge in [-0.1, -0.05) is 0 Å². The molecule has 0 aliphatic carbocycles. The van der Waals surface area contributed by atoms with Crippen molar-refractivity contribution < 1.29 is 15.3 Å². The number of hydrogen-bond acceptors (Lipinski definition) is 7. The van der Waals surface area contributed by atoms with E-state index in [2.05, 4.69) is 0 Å². The molecule has 0 aromatic heterocycles. The summed E-state index contributed by atoms with van der Waals surface area (Å²) in [5.41, 5.74) is 0. The van der Waals surface area contributed by atoms with Crippen LogP contribution < -0.4 is 0 Å². The van der Waals surface area contributed by atoms with Crippen LogP contribution in [0.15, 0.2) is 0 Å². The second kappa shape index (κ2) is 22.7. The van der Waals surface area contributed by atoms with E-state index in [1.807, 2.05) is 0 Å². The van der Waals surface area contributed by atoms with Crippen molar-refractivity contribution in [2.24, 2.45) is 0 Å². The zero-order valence-corrected chi connectivity index (χ0v) is 6.21. The number of aliphatic hydroxyl groups excluding tert-OH is 1. The molecule has 0 saturated carbocycles. The van der Waals surface area contributed by atoms with Crippen molar-refractivity contribution >= 4 is 10.1 Å². The number of aliphatic hydroxyl groups is 1. The number of nitrogens with zero attached hydrogens (tertiary/aromatic N) is 2. The Labute approximate surface area is 70.7 Å². The van der Waals surface area contributed by atoms with Gasteiger partial charge in [-0.2, -0.15) is 0 Å². The maximum atomic E-state index is 8.25. The smallest absolute Gasteiger partial charge is 0.397 e. The van der Waals surface area contributed by atoms with Crippen molar-refractivity contribution in [2.45, 2.75) is 6.92 Å². The molecule has 0 rings (SSSR count). The number of hydrogen-bond donors (Lipinski definition) is 1. The fourth-order valence-electron chi connectivity index (χ4n) is 0. The fraction of sp³-hybridized carbons (Fsp3) is 1.00. The molecule has 0 radical (unpaired) electrons. The summed E-state index contributed by atoms with van der Waals surface area (Å²) in [6.45, 7) is 1.93. The summed E-state index contributed by atoms with van der Waals surface area (Å²) in [5, 5.41) is 37.1. The van der Waals surface area contributed by atoms with Crippen molar-refractivity contribution in [3.8, 4) is 0 Å². The van der Waals surface area contributed by atoms with Gasteiger partial charge in [-0.15, -0.1) is 0 Å². The zero-order chi connectivity index (χ0) is 9.86. The SMILES string of the molecule is CCO.O=[N+]([O-])[O-].O=[N+]([O-])[O-].[Be+2]. The first-order valence-electron chi connectivity index (χ1n) is 2.12. The van der Waals surface area contributed by atoms with E-state index < -0.39 is 10.2 Å². The maximum Gasteiger partial charge on any atom is 2.00 e. The largest absolute Gasteiger partial charge is 2.00 e. The van der Waals surface area contributed by atoms with E-state index in [-0.39, 0.29) is 16.7 Å². The summed E-state index contributed by atoms with van der Waals surface area (Å²) in [6, 6.07) is 0. The van der Waals surface area contributed by atoms with Gasteiger partial charge in [0.15, 0.2) is 0 Å². The summed E-state index contributed by atoms with van der Waals surface area (Å²) in [7, 11) is 0. The molecule has 0 atom stereocenters. The molecule has 0 aromatic carbocycles. The second-order valence-corrected chi connectivity index (χ2v) is 0.763. The Morgan fingerprint density at radius 2 is 1.08 bits per heavy atom. The van der Waals surface area contributed by atoms with Crippen LogP contribution in [0.1, 0.15) is 6.92 Å². The minimum atomic E-state index is -1.75. The van der Waals surface area contributed by atoms with Crippen LogP contribution in [0.2, 0.25) is 0 Å². The van der Waals surface area contributed by atoms with Gasteiger partial charge in [-0.25, -0.2) is 0 Å². The molecule has 0 unspecified atom stereocenters. The first kappa shape index (κ1) is 22.4. The van der Waals surface area contributed by atoms with Gasteiger partial charge in [0.2, 0.25) is 0 Å². The van der Waals surface area contributed by atoms with Crippen molar-refractivity contribution in [1.82, 2.24) is 0 Å².